The molecule has 2 aliphatic rings. The lowest BCUT2D eigenvalue weighted by molar-refractivity contribution is -0.147. The van der Waals surface area contributed by atoms with E-state index in [0.29, 0.717) is 26.1 Å². The lowest BCUT2D eigenvalue weighted by atomic mass is 10.1. The highest BCUT2D eigenvalue weighted by molar-refractivity contribution is 6.00. The van der Waals surface area contributed by atoms with E-state index in [1.165, 1.54) is 0 Å². The summed E-state index contributed by atoms with van der Waals surface area (Å²) in [5.74, 6) is -0.140. The van der Waals surface area contributed by atoms with E-state index in [1.807, 2.05) is 49.9 Å². The molecule has 2 heterocycles. The third-order valence-corrected chi connectivity index (χ3v) is 4.52. The van der Waals surface area contributed by atoms with Gasteiger partial charge in [0.2, 0.25) is 11.8 Å². The van der Waals surface area contributed by atoms with E-state index >= 15 is 0 Å². The Balaban J connectivity index is 1.70. The third-order valence-electron chi connectivity index (χ3n) is 4.52. The molecule has 23 heavy (non-hydrogen) atoms. The number of hydrogen-bond acceptors (Lipinski definition) is 3. The zero-order valence-electron chi connectivity index (χ0n) is 14.0. The third kappa shape index (κ3) is 3.39. The zero-order valence-corrected chi connectivity index (χ0v) is 14.0. The number of hydrogen-bond donors (Lipinski definition) is 0. The molecule has 0 bridgehead atoms. The van der Waals surface area contributed by atoms with Gasteiger partial charge in [0.15, 0.2) is 0 Å². The van der Waals surface area contributed by atoms with Gasteiger partial charge in [0, 0.05) is 31.7 Å². The molecule has 5 nitrogen and oxygen atoms in total. The molecule has 0 radical (unpaired) electrons. The molecule has 3 rings (SSSR count). The predicted molar refractivity (Wildman–Crippen MR) is 88.2 cm³/mol. The molecule has 2 saturated heterocycles. The van der Waals surface area contributed by atoms with Crippen LogP contribution in [0.25, 0.3) is 0 Å². The average molecular weight is 316 g/mol. The van der Waals surface area contributed by atoms with E-state index in [4.69, 9.17) is 4.74 Å². The Kier molecular flexibility index (Phi) is 4.39. The number of ether oxygens (including phenoxy) is 1. The van der Waals surface area contributed by atoms with Gasteiger partial charge in [-0.1, -0.05) is 12.1 Å². The molecule has 1 aromatic carbocycles. The van der Waals surface area contributed by atoms with E-state index in [-0.39, 0.29) is 29.9 Å². The zero-order chi connectivity index (χ0) is 16.6. The van der Waals surface area contributed by atoms with Crippen molar-refractivity contribution in [1.82, 2.24) is 4.90 Å². The first-order valence-corrected chi connectivity index (χ1v) is 8.25. The monoisotopic (exact) mass is 316 g/mol. The second-order valence-corrected chi connectivity index (χ2v) is 6.74. The maximum Gasteiger partial charge on any atom is 0.228 e. The fourth-order valence-corrected chi connectivity index (χ4v) is 3.53. The Bertz CT molecular complexity index is 606. The lowest BCUT2D eigenvalue weighted by Gasteiger charge is -2.36. The highest BCUT2D eigenvalue weighted by Crippen LogP contribution is 2.27. The van der Waals surface area contributed by atoms with Gasteiger partial charge in [-0.15, -0.1) is 0 Å². The average Bonchev–Trinajstić information content (AvgIpc) is 2.87. The summed E-state index contributed by atoms with van der Waals surface area (Å²) in [6, 6.07) is 7.86. The Morgan fingerprint density at radius 1 is 1.17 bits per heavy atom. The summed E-state index contributed by atoms with van der Waals surface area (Å²) >= 11 is 0. The molecule has 3 unspecified atom stereocenters. The first-order chi connectivity index (χ1) is 10.9. The van der Waals surface area contributed by atoms with Crippen molar-refractivity contribution in [1.29, 1.82) is 0 Å². The predicted octanol–water partition coefficient (Wildman–Crippen LogP) is 1.98. The van der Waals surface area contributed by atoms with Crippen LogP contribution in [0, 0.1) is 12.8 Å². The SMILES string of the molecule is Cc1cccc(N2CC(C(=O)N3CC(C)OC(C)C3)CC2=O)c1. The van der Waals surface area contributed by atoms with Gasteiger partial charge in [-0.2, -0.15) is 0 Å². The van der Waals surface area contributed by atoms with Crippen LogP contribution in [-0.2, 0) is 14.3 Å². The van der Waals surface area contributed by atoms with Gasteiger partial charge in [-0.3, -0.25) is 9.59 Å². The molecule has 5 heteroatoms. The normalized spacial score (nSPS) is 28.3. The number of benzene rings is 1. The smallest absolute Gasteiger partial charge is 0.228 e. The van der Waals surface area contributed by atoms with Crippen molar-refractivity contribution in [3.05, 3.63) is 29.8 Å². The molecule has 0 aliphatic carbocycles. The van der Waals surface area contributed by atoms with Crippen LogP contribution in [-0.4, -0.2) is 48.6 Å². The summed E-state index contributed by atoms with van der Waals surface area (Å²) in [5.41, 5.74) is 2.00. The molecule has 2 aliphatic heterocycles. The van der Waals surface area contributed by atoms with Gasteiger partial charge < -0.3 is 14.5 Å². The van der Waals surface area contributed by atoms with Crippen LogP contribution in [0.5, 0.6) is 0 Å². The highest BCUT2D eigenvalue weighted by atomic mass is 16.5. The van der Waals surface area contributed by atoms with Crippen molar-refractivity contribution in [2.45, 2.75) is 39.4 Å². The number of carbonyl (C=O) groups excluding carboxylic acids is 2. The maximum absolute atomic E-state index is 12.8. The van der Waals surface area contributed by atoms with Crippen LogP contribution in [0.4, 0.5) is 5.69 Å². The largest absolute Gasteiger partial charge is 0.372 e. The molecule has 3 atom stereocenters. The summed E-state index contributed by atoms with van der Waals surface area (Å²) in [4.78, 5) is 28.7. The summed E-state index contributed by atoms with van der Waals surface area (Å²) in [7, 11) is 0. The van der Waals surface area contributed by atoms with Crippen molar-refractivity contribution < 1.29 is 14.3 Å². The van der Waals surface area contributed by atoms with Crippen LogP contribution in [0.2, 0.25) is 0 Å². The minimum absolute atomic E-state index is 0.0308. The topological polar surface area (TPSA) is 49.9 Å². The highest BCUT2D eigenvalue weighted by Gasteiger charge is 2.38. The lowest BCUT2D eigenvalue weighted by Crippen LogP contribution is -2.50. The van der Waals surface area contributed by atoms with Gasteiger partial charge in [-0.05, 0) is 38.5 Å². The van der Waals surface area contributed by atoms with Crippen LogP contribution in [0.15, 0.2) is 24.3 Å². The Hall–Kier alpha value is -1.88. The van der Waals surface area contributed by atoms with E-state index in [1.54, 1.807) is 4.90 Å². The number of amides is 2. The number of morpholine rings is 1. The maximum atomic E-state index is 12.8. The number of anilines is 1. The van der Waals surface area contributed by atoms with E-state index in [0.717, 1.165) is 11.3 Å². The molecule has 2 amide bonds. The fourth-order valence-electron chi connectivity index (χ4n) is 3.53. The molecule has 0 N–H and O–H groups in total. The molecule has 124 valence electrons. The molecule has 0 saturated carbocycles. The summed E-state index contributed by atoms with van der Waals surface area (Å²) < 4.78 is 5.68. The minimum atomic E-state index is -0.250. The minimum Gasteiger partial charge on any atom is -0.372 e. The Labute approximate surface area is 137 Å². The van der Waals surface area contributed by atoms with Gasteiger partial charge >= 0.3 is 0 Å². The molecule has 2 fully saturated rings. The summed E-state index contributed by atoms with van der Waals surface area (Å²) in [6.07, 6.45) is 0.396. The van der Waals surface area contributed by atoms with Gasteiger partial charge in [0.25, 0.3) is 0 Å². The molecule has 0 spiro atoms. The summed E-state index contributed by atoms with van der Waals surface area (Å²) in [6.45, 7) is 7.66. The van der Waals surface area contributed by atoms with Gasteiger partial charge in [0.05, 0.1) is 18.1 Å². The van der Waals surface area contributed by atoms with E-state index < -0.39 is 0 Å². The molecular weight excluding hydrogens is 292 g/mol. The van der Waals surface area contributed by atoms with Crippen molar-refractivity contribution in [2.24, 2.45) is 5.92 Å². The number of aryl methyl sites for hydroxylation is 1. The van der Waals surface area contributed by atoms with Crippen molar-refractivity contribution >= 4 is 17.5 Å². The van der Waals surface area contributed by atoms with Crippen molar-refractivity contribution in [3.8, 4) is 0 Å². The van der Waals surface area contributed by atoms with Gasteiger partial charge in [0.1, 0.15) is 0 Å². The molecular formula is C18H24N2O3. The number of carbonyl (C=O) groups is 2. The van der Waals surface area contributed by atoms with E-state index in [2.05, 4.69) is 0 Å². The van der Waals surface area contributed by atoms with Gasteiger partial charge in [-0.25, -0.2) is 0 Å². The first kappa shape index (κ1) is 16.0. The standard InChI is InChI=1S/C18H24N2O3/c1-12-5-4-6-16(7-12)20-11-15(8-17(20)21)18(22)19-9-13(2)23-14(3)10-19/h4-7,13-15H,8-11H2,1-3H3. The summed E-state index contributed by atoms with van der Waals surface area (Å²) in [5, 5.41) is 0. The Morgan fingerprint density at radius 3 is 2.52 bits per heavy atom. The second-order valence-electron chi connectivity index (χ2n) is 6.74. The second kappa shape index (κ2) is 6.32. The van der Waals surface area contributed by atoms with Crippen LogP contribution in [0.1, 0.15) is 25.8 Å². The first-order valence-electron chi connectivity index (χ1n) is 8.25. The van der Waals surface area contributed by atoms with Crippen LogP contribution < -0.4 is 4.90 Å². The number of rotatable bonds is 2. The molecule has 1 aromatic rings. The quantitative estimate of drug-likeness (QED) is 0.838. The number of nitrogens with zero attached hydrogens (tertiary/aromatic N) is 2. The van der Waals surface area contributed by atoms with Crippen LogP contribution in [0.3, 0.4) is 0 Å². The van der Waals surface area contributed by atoms with E-state index in [9.17, 15) is 9.59 Å². The van der Waals surface area contributed by atoms with Crippen LogP contribution >= 0.6 is 0 Å². The Morgan fingerprint density at radius 2 is 1.87 bits per heavy atom. The van der Waals surface area contributed by atoms with Crippen molar-refractivity contribution in [2.75, 3.05) is 24.5 Å². The fraction of sp³-hybridized carbons (Fsp3) is 0.556. The van der Waals surface area contributed by atoms with Crippen molar-refractivity contribution in [3.63, 3.8) is 0 Å². The molecule has 0 aromatic heterocycles.